The number of ether oxygens (including phenoxy) is 3. The molecule has 0 aliphatic carbocycles. The van der Waals surface area contributed by atoms with Crippen LogP contribution in [0.3, 0.4) is 0 Å². The summed E-state index contributed by atoms with van der Waals surface area (Å²) in [5, 5.41) is 2.99. The van der Waals surface area contributed by atoms with E-state index in [2.05, 4.69) is 5.32 Å². The first kappa shape index (κ1) is 23.4. The van der Waals surface area contributed by atoms with E-state index in [1.54, 1.807) is 18.9 Å². The molecule has 0 unspecified atom stereocenters. The van der Waals surface area contributed by atoms with Crippen molar-refractivity contribution in [1.29, 1.82) is 0 Å². The van der Waals surface area contributed by atoms with Crippen LogP contribution in [0.4, 0.5) is 0 Å². The Hall–Kier alpha value is -3.22. The molecule has 2 aromatic rings. The second kappa shape index (κ2) is 10.9. The van der Waals surface area contributed by atoms with Crippen molar-refractivity contribution in [2.24, 2.45) is 0 Å². The van der Waals surface area contributed by atoms with E-state index in [-0.39, 0.29) is 31.1 Å². The Labute approximate surface area is 189 Å². The highest BCUT2D eigenvalue weighted by Gasteiger charge is 2.26. The van der Waals surface area contributed by atoms with Crippen molar-refractivity contribution < 1.29 is 23.8 Å². The fourth-order valence-electron chi connectivity index (χ4n) is 3.47. The van der Waals surface area contributed by atoms with Gasteiger partial charge in [-0.15, -0.1) is 0 Å². The molecule has 0 radical (unpaired) electrons. The smallest absolute Gasteiger partial charge is 0.242 e. The maximum absolute atomic E-state index is 13.2. The number of carbonyl (C=O) groups excluding carboxylic acids is 2. The molecule has 0 aromatic heterocycles. The number of methoxy groups -OCH3 is 1. The third-order valence-electron chi connectivity index (χ3n) is 5.74. The number of amides is 2. The molecule has 0 saturated heterocycles. The monoisotopic (exact) mass is 440 g/mol. The lowest BCUT2D eigenvalue weighted by molar-refractivity contribution is -0.140. The zero-order valence-electron chi connectivity index (χ0n) is 19.2. The summed E-state index contributed by atoms with van der Waals surface area (Å²) in [4.78, 5) is 27.7. The molecule has 0 fully saturated rings. The van der Waals surface area contributed by atoms with E-state index in [1.807, 2.05) is 56.3 Å². The molecule has 2 aromatic carbocycles. The molecule has 2 atom stereocenters. The number of hydrogen-bond acceptors (Lipinski definition) is 5. The average Bonchev–Trinajstić information content (AvgIpc) is 3.28. The van der Waals surface area contributed by atoms with Crippen LogP contribution in [0.1, 0.15) is 44.7 Å². The van der Waals surface area contributed by atoms with Gasteiger partial charge in [-0.25, -0.2) is 0 Å². The Balaban J connectivity index is 1.71. The summed E-state index contributed by atoms with van der Waals surface area (Å²) in [6.07, 6.45) is 1.67. The number of rotatable bonds is 10. The Morgan fingerprint density at radius 1 is 1.06 bits per heavy atom. The number of hydrogen-bond donors (Lipinski definition) is 1. The summed E-state index contributed by atoms with van der Waals surface area (Å²) in [5.41, 5.74) is 1.93. The van der Waals surface area contributed by atoms with E-state index in [0.717, 1.165) is 29.0 Å². The van der Waals surface area contributed by atoms with E-state index < -0.39 is 6.04 Å². The van der Waals surface area contributed by atoms with Gasteiger partial charge in [-0.2, -0.15) is 0 Å². The SMILES string of the molecule is CC[C@H](C)NC(=O)[C@H](C)N(Cc1ccc(OC)cc1)C(=O)CCc1ccc2c(c1)OCO2. The van der Waals surface area contributed by atoms with Crippen LogP contribution in [0.5, 0.6) is 17.2 Å². The lowest BCUT2D eigenvalue weighted by Gasteiger charge is -2.30. The van der Waals surface area contributed by atoms with Crippen molar-refractivity contribution in [3.05, 3.63) is 53.6 Å². The topological polar surface area (TPSA) is 77.1 Å². The number of benzene rings is 2. The van der Waals surface area contributed by atoms with Crippen LogP contribution in [-0.4, -0.2) is 42.7 Å². The average molecular weight is 441 g/mol. The number of aryl methyl sites for hydroxylation is 1. The van der Waals surface area contributed by atoms with Crippen LogP contribution in [0.15, 0.2) is 42.5 Å². The summed E-state index contributed by atoms with van der Waals surface area (Å²) in [5.74, 6) is 1.94. The van der Waals surface area contributed by atoms with Crippen molar-refractivity contribution in [3.63, 3.8) is 0 Å². The van der Waals surface area contributed by atoms with Crippen LogP contribution in [0.2, 0.25) is 0 Å². The van der Waals surface area contributed by atoms with Gasteiger partial charge in [-0.3, -0.25) is 9.59 Å². The molecular weight excluding hydrogens is 408 g/mol. The molecule has 7 heteroatoms. The number of fused-ring (bicyclic) bond motifs is 1. The third kappa shape index (κ3) is 5.93. The summed E-state index contributed by atoms with van der Waals surface area (Å²) in [6.45, 7) is 6.32. The molecule has 0 spiro atoms. The molecular formula is C25H32N2O5. The fourth-order valence-corrected chi connectivity index (χ4v) is 3.47. The van der Waals surface area contributed by atoms with Crippen molar-refractivity contribution >= 4 is 11.8 Å². The maximum Gasteiger partial charge on any atom is 0.242 e. The van der Waals surface area contributed by atoms with Gasteiger partial charge >= 0.3 is 0 Å². The first-order valence-electron chi connectivity index (χ1n) is 11.0. The first-order chi connectivity index (χ1) is 15.4. The Bertz CT molecular complexity index is 928. The van der Waals surface area contributed by atoms with Gasteiger partial charge in [-0.05, 0) is 62.1 Å². The molecule has 0 saturated carbocycles. The maximum atomic E-state index is 13.2. The minimum absolute atomic E-state index is 0.0523. The molecule has 0 bridgehead atoms. The highest BCUT2D eigenvalue weighted by atomic mass is 16.7. The summed E-state index contributed by atoms with van der Waals surface area (Å²) >= 11 is 0. The van der Waals surface area contributed by atoms with Gasteiger partial charge in [0.05, 0.1) is 7.11 Å². The molecule has 1 N–H and O–H groups in total. The second-order valence-corrected chi connectivity index (χ2v) is 8.05. The van der Waals surface area contributed by atoms with Crippen LogP contribution in [0, 0.1) is 0 Å². The lowest BCUT2D eigenvalue weighted by Crippen LogP contribution is -2.49. The van der Waals surface area contributed by atoms with Crippen LogP contribution >= 0.6 is 0 Å². The van der Waals surface area contributed by atoms with Crippen molar-refractivity contribution in [2.45, 2.75) is 58.7 Å². The van der Waals surface area contributed by atoms with Gasteiger partial charge in [0.2, 0.25) is 18.6 Å². The minimum atomic E-state index is -0.588. The van der Waals surface area contributed by atoms with Gasteiger partial charge in [0.25, 0.3) is 0 Å². The molecule has 1 heterocycles. The van der Waals surface area contributed by atoms with E-state index in [9.17, 15) is 9.59 Å². The molecule has 1 aliphatic heterocycles. The highest BCUT2D eigenvalue weighted by molar-refractivity contribution is 5.87. The van der Waals surface area contributed by atoms with Crippen LogP contribution < -0.4 is 19.5 Å². The van der Waals surface area contributed by atoms with Gasteiger partial charge in [0, 0.05) is 19.0 Å². The van der Waals surface area contributed by atoms with Crippen LogP contribution in [-0.2, 0) is 22.6 Å². The number of carbonyl (C=O) groups is 2. The summed E-state index contributed by atoms with van der Waals surface area (Å²) < 4.78 is 16.0. The van der Waals surface area contributed by atoms with E-state index >= 15 is 0 Å². The quantitative estimate of drug-likeness (QED) is 0.610. The first-order valence-corrected chi connectivity index (χ1v) is 11.0. The summed E-state index contributed by atoms with van der Waals surface area (Å²) in [6, 6.07) is 12.7. The van der Waals surface area contributed by atoms with Gasteiger partial charge < -0.3 is 24.4 Å². The number of nitrogens with zero attached hydrogens (tertiary/aromatic N) is 1. The van der Waals surface area contributed by atoms with E-state index in [1.165, 1.54) is 0 Å². The summed E-state index contributed by atoms with van der Waals surface area (Å²) in [7, 11) is 1.61. The molecule has 7 nitrogen and oxygen atoms in total. The van der Waals surface area contributed by atoms with Crippen LogP contribution in [0.25, 0.3) is 0 Å². The van der Waals surface area contributed by atoms with Gasteiger partial charge in [0.15, 0.2) is 11.5 Å². The van der Waals surface area contributed by atoms with Crippen molar-refractivity contribution in [3.8, 4) is 17.2 Å². The standard InChI is InChI=1S/C25H32N2O5/c1-5-17(2)26-25(29)18(3)27(15-20-6-10-21(30-4)11-7-20)24(28)13-9-19-8-12-22-23(14-19)32-16-31-22/h6-8,10-12,14,17-18H,5,9,13,15-16H2,1-4H3,(H,26,29)/t17-,18-/m0/s1. The Morgan fingerprint density at radius 3 is 2.44 bits per heavy atom. The zero-order valence-corrected chi connectivity index (χ0v) is 19.2. The van der Waals surface area contributed by atoms with E-state index in [4.69, 9.17) is 14.2 Å². The molecule has 2 amide bonds. The largest absolute Gasteiger partial charge is 0.497 e. The predicted molar refractivity (Wildman–Crippen MR) is 122 cm³/mol. The van der Waals surface area contributed by atoms with Gasteiger partial charge in [-0.1, -0.05) is 25.1 Å². The van der Waals surface area contributed by atoms with Crippen molar-refractivity contribution in [1.82, 2.24) is 10.2 Å². The lowest BCUT2D eigenvalue weighted by atomic mass is 10.1. The minimum Gasteiger partial charge on any atom is -0.497 e. The fraction of sp³-hybridized carbons (Fsp3) is 0.440. The highest BCUT2D eigenvalue weighted by Crippen LogP contribution is 2.32. The predicted octanol–water partition coefficient (Wildman–Crippen LogP) is 3.69. The number of nitrogens with one attached hydrogen (secondary N) is 1. The zero-order chi connectivity index (χ0) is 23.1. The Kier molecular flexibility index (Phi) is 7.98. The second-order valence-electron chi connectivity index (χ2n) is 8.05. The normalized spacial score (nSPS) is 13.9. The molecule has 3 rings (SSSR count). The Morgan fingerprint density at radius 2 is 1.75 bits per heavy atom. The third-order valence-corrected chi connectivity index (χ3v) is 5.74. The van der Waals surface area contributed by atoms with Crippen molar-refractivity contribution in [2.75, 3.05) is 13.9 Å². The molecule has 172 valence electrons. The molecule has 32 heavy (non-hydrogen) atoms. The molecule has 1 aliphatic rings. The van der Waals surface area contributed by atoms with E-state index in [0.29, 0.717) is 18.7 Å². The van der Waals surface area contributed by atoms with Gasteiger partial charge in [0.1, 0.15) is 11.8 Å².